The van der Waals surface area contributed by atoms with Gasteiger partial charge >= 0.3 is 0 Å². The minimum atomic E-state index is 0.0596. The fourth-order valence-electron chi connectivity index (χ4n) is 1.52. The van der Waals surface area contributed by atoms with Crippen molar-refractivity contribution >= 4 is 23.3 Å². The number of rotatable bonds is 2. The Balaban J connectivity index is 2.07. The number of amides is 1. The number of hydrogen-bond donors (Lipinski definition) is 2. The molecule has 1 aromatic rings. The molecule has 5 nitrogen and oxygen atoms in total. The van der Waals surface area contributed by atoms with E-state index in [-0.39, 0.29) is 17.2 Å². The molecule has 0 radical (unpaired) electrons. The smallest absolute Gasteiger partial charge is 0.224 e. The lowest BCUT2D eigenvalue weighted by atomic mass is 10.2. The highest BCUT2D eigenvalue weighted by molar-refractivity contribution is 6.28. The first-order valence-electron chi connectivity index (χ1n) is 4.68. The van der Waals surface area contributed by atoms with Crippen LogP contribution in [-0.2, 0) is 4.79 Å². The zero-order chi connectivity index (χ0) is 10.8. The summed E-state index contributed by atoms with van der Waals surface area (Å²) in [6.45, 7) is 2.47. The number of aryl methyl sites for hydroxylation is 1. The van der Waals surface area contributed by atoms with Crippen molar-refractivity contribution in [3.05, 3.63) is 17.0 Å². The number of anilines is 1. The van der Waals surface area contributed by atoms with E-state index in [1.807, 2.05) is 6.92 Å². The molecule has 0 bridgehead atoms. The number of nitrogens with one attached hydrogen (secondary N) is 2. The maximum Gasteiger partial charge on any atom is 0.224 e. The van der Waals surface area contributed by atoms with Crippen molar-refractivity contribution < 1.29 is 4.79 Å². The van der Waals surface area contributed by atoms with E-state index < -0.39 is 0 Å². The Hall–Kier alpha value is -1.36. The number of halogens is 1. The third kappa shape index (κ3) is 2.56. The number of carbonyl (C=O) groups is 1. The van der Waals surface area contributed by atoms with Crippen molar-refractivity contribution in [3.63, 3.8) is 0 Å². The summed E-state index contributed by atoms with van der Waals surface area (Å²) >= 11 is 5.72. The standard InChI is InChI=1S/C9H11ClN4O/c1-5-2-7(14-9(10)12-5)13-6-3-8(15)11-4-6/h2,6H,3-4H2,1H3,(H,11,15)(H,12,13,14). The molecule has 0 spiro atoms. The lowest BCUT2D eigenvalue weighted by molar-refractivity contribution is -0.119. The summed E-state index contributed by atoms with van der Waals surface area (Å²) in [5, 5.41) is 6.09. The molecule has 80 valence electrons. The molecule has 1 amide bonds. The van der Waals surface area contributed by atoms with Gasteiger partial charge in [-0.15, -0.1) is 0 Å². The van der Waals surface area contributed by atoms with Crippen LogP contribution < -0.4 is 10.6 Å². The first kappa shape index (κ1) is 10.2. The molecule has 1 aliphatic heterocycles. The van der Waals surface area contributed by atoms with Crippen LogP contribution in [0, 0.1) is 6.92 Å². The molecule has 15 heavy (non-hydrogen) atoms. The van der Waals surface area contributed by atoms with E-state index in [1.54, 1.807) is 6.07 Å². The fourth-order valence-corrected chi connectivity index (χ4v) is 1.75. The normalized spacial score (nSPS) is 20.1. The van der Waals surface area contributed by atoms with Crippen molar-refractivity contribution in [1.82, 2.24) is 15.3 Å². The van der Waals surface area contributed by atoms with Gasteiger partial charge in [0, 0.05) is 24.7 Å². The van der Waals surface area contributed by atoms with E-state index in [0.717, 1.165) is 5.69 Å². The lowest BCUT2D eigenvalue weighted by Gasteiger charge is -2.11. The van der Waals surface area contributed by atoms with Gasteiger partial charge in [-0.05, 0) is 18.5 Å². The van der Waals surface area contributed by atoms with Crippen molar-refractivity contribution in [2.75, 3.05) is 11.9 Å². The minimum Gasteiger partial charge on any atom is -0.365 e. The van der Waals surface area contributed by atoms with E-state index in [0.29, 0.717) is 18.8 Å². The van der Waals surface area contributed by atoms with Crippen LogP contribution in [0.2, 0.25) is 5.28 Å². The van der Waals surface area contributed by atoms with Crippen molar-refractivity contribution in [3.8, 4) is 0 Å². The predicted octanol–water partition coefficient (Wildman–Crippen LogP) is 0.739. The molecule has 2 rings (SSSR count). The highest BCUT2D eigenvalue weighted by Crippen LogP contribution is 2.13. The first-order valence-corrected chi connectivity index (χ1v) is 5.06. The molecular weight excluding hydrogens is 216 g/mol. The van der Waals surface area contributed by atoms with Gasteiger partial charge in [0.25, 0.3) is 0 Å². The molecule has 2 heterocycles. The van der Waals surface area contributed by atoms with Crippen molar-refractivity contribution in [2.45, 2.75) is 19.4 Å². The van der Waals surface area contributed by atoms with E-state index in [1.165, 1.54) is 0 Å². The van der Waals surface area contributed by atoms with Crippen LogP contribution in [0.25, 0.3) is 0 Å². The summed E-state index contributed by atoms with van der Waals surface area (Å²) in [5.41, 5.74) is 0.801. The minimum absolute atomic E-state index is 0.0596. The molecule has 1 saturated heterocycles. The molecule has 0 saturated carbocycles. The Kier molecular flexibility index (Phi) is 2.73. The highest BCUT2D eigenvalue weighted by atomic mass is 35.5. The summed E-state index contributed by atoms with van der Waals surface area (Å²) in [6, 6.07) is 1.89. The number of hydrogen-bond acceptors (Lipinski definition) is 4. The van der Waals surface area contributed by atoms with Gasteiger partial charge in [0.1, 0.15) is 5.82 Å². The second kappa shape index (κ2) is 4.02. The third-order valence-corrected chi connectivity index (χ3v) is 2.33. The molecule has 0 aliphatic carbocycles. The molecule has 6 heteroatoms. The first-order chi connectivity index (χ1) is 7.13. The molecule has 1 fully saturated rings. The van der Waals surface area contributed by atoms with Gasteiger partial charge in [-0.2, -0.15) is 0 Å². The summed E-state index contributed by atoms with van der Waals surface area (Å²) in [7, 11) is 0. The summed E-state index contributed by atoms with van der Waals surface area (Å²) in [4.78, 5) is 18.9. The van der Waals surface area contributed by atoms with E-state index in [4.69, 9.17) is 11.6 Å². The number of carbonyl (C=O) groups excluding carboxylic acids is 1. The van der Waals surface area contributed by atoms with Crippen LogP contribution in [0.15, 0.2) is 6.07 Å². The largest absolute Gasteiger partial charge is 0.365 e. The molecule has 1 atom stereocenters. The average Bonchev–Trinajstić information content (AvgIpc) is 2.49. The molecule has 1 aliphatic rings. The van der Waals surface area contributed by atoms with Crippen LogP contribution in [0.4, 0.5) is 5.82 Å². The third-order valence-electron chi connectivity index (χ3n) is 2.16. The van der Waals surface area contributed by atoms with E-state index in [2.05, 4.69) is 20.6 Å². The molecular formula is C9H11ClN4O. The van der Waals surface area contributed by atoms with Gasteiger partial charge in [-0.25, -0.2) is 9.97 Å². The molecule has 1 aromatic heterocycles. The Labute approximate surface area is 92.3 Å². The maximum absolute atomic E-state index is 11.0. The van der Waals surface area contributed by atoms with Crippen LogP contribution in [0.3, 0.4) is 0 Å². The highest BCUT2D eigenvalue weighted by Gasteiger charge is 2.21. The maximum atomic E-state index is 11.0. The van der Waals surface area contributed by atoms with Crippen LogP contribution in [0.5, 0.6) is 0 Å². The Morgan fingerprint density at radius 3 is 3.00 bits per heavy atom. The number of aromatic nitrogens is 2. The van der Waals surface area contributed by atoms with E-state index in [9.17, 15) is 4.79 Å². The van der Waals surface area contributed by atoms with Gasteiger partial charge in [-0.3, -0.25) is 4.79 Å². The second-order valence-corrected chi connectivity index (χ2v) is 3.85. The number of nitrogens with zero attached hydrogens (tertiary/aromatic N) is 2. The second-order valence-electron chi connectivity index (χ2n) is 3.51. The van der Waals surface area contributed by atoms with E-state index >= 15 is 0 Å². The summed E-state index contributed by atoms with van der Waals surface area (Å²) in [6.07, 6.45) is 0.473. The zero-order valence-corrected chi connectivity index (χ0v) is 9.01. The van der Waals surface area contributed by atoms with Crippen LogP contribution >= 0.6 is 11.6 Å². The monoisotopic (exact) mass is 226 g/mol. The average molecular weight is 227 g/mol. The van der Waals surface area contributed by atoms with Gasteiger partial charge in [0.05, 0.1) is 6.04 Å². The summed E-state index contributed by atoms with van der Waals surface area (Å²) < 4.78 is 0. The predicted molar refractivity (Wildman–Crippen MR) is 56.8 cm³/mol. The fraction of sp³-hybridized carbons (Fsp3) is 0.444. The zero-order valence-electron chi connectivity index (χ0n) is 8.25. The van der Waals surface area contributed by atoms with Crippen molar-refractivity contribution in [1.29, 1.82) is 0 Å². The quantitative estimate of drug-likeness (QED) is 0.730. The lowest BCUT2D eigenvalue weighted by Crippen LogP contribution is -2.23. The topological polar surface area (TPSA) is 66.9 Å². The molecule has 1 unspecified atom stereocenters. The van der Waals surface area contributed by atoms with Crippen molar-refractivity contribution in [2.24, 2.45) is 0 Å². The van der Waals surface area contributed by atoms with Gasteiger partial charge in [-0.1, -0.05) is 0 Å². The van der Waals surface area contributed by atoms with Crippen LogP contribution in [-0.4, -0.2) is 28.5 Å². The molecule has 0 aromatic carbocycles. The summed E-state index contributed by atoms with van der Waals surface area (Å²) in [5.74, 6) is 0.721. The Morgan fingerprint density at radius 1 is 1.60 bits per heavy atom. The van der Waals surface area contributed by atoms with Gasteiger partial charge < -0.3 is 10.6 Å². The Morgan fingerprint density at radius 2 is 2.40 bits per heavy atom. The van der Waals surface area contributed by atoms with Gasteiger partial charge in [0.15, 0.2) is 0 Å². The SMILES string of the molecule is Cc1cc(NC2CNC(=O)C2)nc(Cl)n1. The van der Waals surface area contributed by atoms with Crippen LogP contribution in [0.1, 0.15) is 12.1 Å². The van der Waals surface area contributed by atoms with Gasteiger partial charge in [0.2, 0.25) is 11.2 Å². The Bertz CT molecular complexity index is 375. The molecule has 2 N–H and O–H groups in total.